The van der Waals surface area contributed by atoms with E-state index in [2.05, 4.69) is 10.5 Å². The number of nitriles is 1. The number of hydrazine groups is 1. The molecule has 1 aliphatic rings. The van der Waals surface area contributed by atoms with Crippen LogP contribution in [0.4, 0.5) is 11.4 Å². The molecular weight excluding hydrogens is 210 g/mol. The summed E-state index contributed by atoms with van der Waals surface area (Å²) in [4.78, 5) is 10.0. The molecule has 1 aromatic rings. The topological polar surface area (TPSA) is 94.6 Å². The lowest BCUT2D eigenvalue weighted by Crippen LogP contribution is -2.28. The number of rotatable bonds is 2. The van der Waals surface area contributed by atoms with Gasteiger partial charge in [-0.2, -0.15) is 15.5 Å². The Labute approximate surface area is 90.7 Å². The Morgan fingerprint density at radius 1 is 1.62 bits per heavy atom. The van der Waals surface area contributed by atoms with Gasteiger partial charge >= 0.3 is 0 Å². The van der Waals surface area contributed by atoms with Crippen molar-refractivity contribution in [1.82, 2.24) is 5.43 Å². The summed E-state index contributed by atoms with van der Waals surface area (Å²) in [6.07, 6.45) is 1.64. The molecule has 0 amide bonds. The Morgan fingerprint density at radius 2 is 2.44 bits per heavy atom. The fourth-order valence-corrected chi connectivity index (χ4v) is 1.35. The van der Waals surface area contributed by atoms with Crippen LogP contribution >= 0.6 is 0 Å². The summed E-state index contributed by atoms with van der Waals surface area (Å²) < 4.78 is 0. The number of hydrogen-bond acceptors (Lipinski definition) is 6. The fourth-order valence-electron chi connectivity index (χ4n) is 1.35. The van der Waals surface area contributed by atoms with E-state index in [1.54, 1.807) is 6.21 Å². The van der Waals surface area contributed by atoms with Gasteiger partial charge in [-0.3, -0.25) is 10.1 Å². The highest BCUT2D eigenvalue weighted by Gasteiger charge is 2.16. The number of nitrogens with one attached hydrogen (secondary N) is 1. The zero-order chi connectivity index (χ0) is 11.5. The van der Waals surface area contributed by atoms with E-state index >= 15 is 0 Å². The Hall–Kier alpha value is -2.46. The van der Waals surface area contributed by atoms with E-state index in [4.69, 9.17) is 5.26 Å². The lowest BCUT2D eigenvalue weighted by atomic mass is 10.2. The maximum atomic E-state index is 10.5. The molecule has 7 heteroatoms. The Morgan fingerprint density at radius 3 is 3.00 bits per heavy atom. The van der Waals surface area contributed by atoms with E-state index in [9.17, 15) is 10.1 Å². The Bertz CT molecular complexity index is 505. The van der Waals surface area contributed by atoms with Gasteiger partial charge in [-0.25, -0.2) is 5.43 Å². The maximum Gasteiger partial charge on any atom is 0.270 e. The maximum absolute atomic E-state index is 10.5. The smallest absolute Gasteiger partial charge is 0.258 e. The predicted octanol–water partition coefficient (Wildman–Crippen LogP) is 0.777. The molecule has 1 heterocycles. The second kappa shape index (κ2) is 3.96. The number of hydrazone groups is 1. The molecule has 0 radical (unpaired) electrons. The second-order valence-corrected chi connectivity index (χ2v) is 3.04. The molecule has 1 N–H and O–H groups in total. The number of benzene rings is 1. The van der Waals surface area contributed by atoms with Gasteiger partial charge in [0.15, 0.2) is 0 Å². The van der Waals surface area contributed by atoms with Crippen molar-refractivity contribution in [1.29, 1.82) is 5.26 Å². The molecule has 0 atom stereocenters. The van der Waals surface area contributed by atoms with Gasteiger partial charge in [0.05, 0.1) is 22.7 Å². The molecule has 80 valence electrons. The highest BCUT2D eigenvalue weighted by Crippen LogP contribution is 2.24. The van der Waals surface area contributed by atoms with E-state index in [-0.39, 0.29) is 11.3 Å². The summed E-state index contributed by atoms with van der Waals surface area (Å²) in [5, 5.41) is 24.8. The first-order valence-electron chi connectivity index (χ1n) is 4.47. The molecule has 0 aromatic heterocycles. The third-order valence-electron chi connectivity index (χ3n) is 2.07. The Kier molecular flexibility index (Phi) is 2.49. The summed E-state index contributed by atoms with van der Waals surface area (Å²) in [5.41, 5.74) is 3.49. The van der Waals surface area contributed by atoms with Crippen LogP contribution < -0.4 is 10.5 Å². The van der Waals surface area contributed by atoms with Gasteiger partial charge in [-0.1, -0.05) is 0 Å². The third-order valence-corrected chi connectivity index (χ3v) is 2.07. The third kappa shape index (κ3) is 1.69. The van der Waals surface area contributed by atoms with Crippen LogP contribution in [-0.2, 0) is 0 Å². The largest absolute Gasteiger partial charge is 0.270 e. The minimum atomic E-state index is -0.536. The monoisotopic (exact) mass is 217 g/mol. The first-order chi connectivity index (χ1) is 7.72. The summed E-state index contributed by atoms with van der Waals surface area (Å²) in [5.74, 6) is 0. The van der Waals surface area contributed by atoms with Crippen LogP contribution in [0.3, 0.4) is 0 Å². The van der Waals surface area contributed by atoms with Crippen molar-refractivity contribution in [3.63, 3.8) is 0 Å². The molecule has 2 rings (SSSR count). The van der Waals surface area contributed by atoms with E-state index < -0.39 is 4.92 Å². The van der Waals surface area contributed by atoms with Crippen LogP contribution in [0.2, 0.25) is 0 Å². The van der Waals surface area contributed by atoms with Crippen LogP contribution in [0.15, 0.2) is 23.3 Å². The summed E-state index contributed by atoms with van der Waals surface area (Å²) in [6, 6.07) is 5.97. The highest BCUT2D eigenvalue weighted by molar-refractivity contribution is 5.69. The molecule has 0 spiro atoms. The molecule has 0 saturated heterocycles. The van der Waals surface area contributed by atoms with Crippen molar-refractivity contribution < 1.29 is 4.92 Å². The number of non-ortho nitro benzene ring substituents is 1. The standard InChI is InChI=1S/C9H7N5O2/c10-6-7-5-8(14(15)16)1-2-9(7)13-11-3-4-12-13/h1-3,5,12H,4H2. The minimum Gasteiger partial charge on any atom is -0.258 e. The molecular formula is C9H7N5O2. The van der Waals surface area contributed by atoms with Crippen molar-refractivity contribution >= 4 is 17.6 Å². The molecule has 16 heavy (non-hydrogen) atoms. The van der Waals surface area contributed by atoms with Crippen LogP contribution in [0.1, 0.15) is 5.56 Å². The molecule has 0 unspecified atom stereocenters. The lowest BCUT2D eigenvalue weighted by molar-refractivity contribution is -0.384. The van der Waals surface area contributed by atoms with Crippen molar-refractivity contribution in [2.24, 2.45) is 5.10 Å². The fraction of sp³-hybridized carbons (Fsp3) is 0.111. The van der Waals surface area contributed by atoms with Gasteiger partial charge < -0.3 is 0 Å². The van der Waals surface area contributed by atoms with E-state index in [1.165, 1.54) is 23.3 Å². The summed E-state index contributed by atoms with van der Waals surface area (Å²) in [7, 11) is 0. The number of nitrogens with zero attached hydrogens (tertiary/aromatic N) is 4. The van der Waals surface area contributed by atoms with Crippen LogP contribution in [0, 0.1) is 21.4 Å². The van der Waals surface area contributed by atoms with E-state index in [0.29, 0.717) is 12.2 Å². The van der Waals surface area contributed by atoms with Gasteiger partial charge in [0, 0.05) is 18.3 Å². The van der Waals surface area contributed by atoms with Crippen LogP contribution in [0.5, 0.6) is 0 Å². The number of nitro groups is 1. The molecule has 0 saturated carbocycles. The van der Waals surface area contributed by atoms with Crippen LogP contribution in [0.25, 0.3) is 0 Å². The van der Waals surface area contributed by atoms with Gasteiger partial charge in [-0.15, -0.1) is 0 Å². The lowest BCUT2D eigenvalue weighted by Gasteiger charge is -2.14. The van der Waals surface area contributed by atoms with E-state index in [0.717, 1.165) is 0 Å². The summed E-state index contributed by atoms with van der Waals surface area (Å²) in [6.45, 7) is 0.571. The van der Waals surface area contributed by atoms with Crippen molar-refractivity contribution in [2.75, 3.05) is 11.7 Å². The molecule has 0 aliphatic carbocycles. The van der Waals surface area contributed by atoms with Crippen molar-refractivity contribution in [2.45, 2.75) is 0 Å². The van der Waals surface area contributed by atoms with Crippen molar-refractivity contribution in [3.8, 4) is 6.07 Å². The average Bonchev–Trinajstić information content (AvgIpc) is 2.81. The normalized spacial score (nSPS) is 13.8. The molecule has 7 nitrogen and oxygen atoms in total. The van der Waals surface area contributed by atoms with Crippen LogP contribution in [-0.4, -0.2) is 17.7 Å². The summed E-state index contributed by atoms with van der Waals surface area (Å²) >= 11 is 0. The first kappa shape index (κ1) is 10.1. The van der Waals surface area contributed by atoms with Gasteiger partial charge in [0.1, 0.15) is 6.07 Å². The predicted molar refractivity (Wildman–Crippen MR) is 56.8 cm³/mol. The quantitative estimate of drug-likeness (QED) is 0.583. The van der Waals surface area contributed by atoms with E-state index in [1.807, 2.05) is 6.07 Å². The SMILES string of the molecule is N#Cc1cc([N+](=O)[O-])ccc1N1N=CCN1. The molecule has 0 fully saturated rings. The zero-order valence-electron chi connectivity index (χ0n) is 8.12. The number of nitro benzene ring substituents is 1. The molecule has 1 aliphatic heterocycles. The minimum absolute atomic E-state index is 0.108. The second-order valence-electron chi connectivity index (χ2n) is 3.04. The zero-order valence-corrected chi connectivity index (χ0v) is 8.12. The number of anilines is 1. The van der Waals surface area contributed by atoms with Gasteiger partial charge in [-0.05, 0) is 6.07 Å². The molecule has 1 aromatic carbocycles. The first-order valence-corrected chi connectivity index (χ1v) is 4.47. The molecule has 0 bridgehead atoms. The average molecular weight is 217 g/mol. The highest BCUT2D eigenvalue weighted by atomic mass is 16.6. The van der Waals surface area contributed by atoms with Gasteiger partial charge in [0.25, 0.3) is 5.69 Å². The number of hydrogen-bond donors (Lipinski definition) is 1. The Balaban J connectivity index is 2.43. The van der Waals surface area contributed by atoms with Crippen molar-refractivity contribution in [3.05, 3.63) is 33.9 Å². The van der Waals surface area contributed by atoms with Gasteiger partial charge in [0.2, 0.25) is 0 Å².